The van der Waals surface area contributed by atoms with Crippen molar-refractivity contribution in [1.29, 1.82) is 0 Å². The van der Waals surface area contributed by atoms with Crippen molar-refractivity contribution in [2.75, 3.05) is 0 Å². The number of hydrogen-bond donors (Lipinski definition) is 0. The fourth-order valence-corrected chi connectivity index (χ4v) is 2.94. The predicted molar refractivity (Wildman–Crippen MR) is 72.4 cm³/mol. The van der Waals surface area contributed by atoms with Crippen LogP contribution in [0, 0.1) is 6.92 Å². The topological polar surface area (TPSA) is 34.9 Å². The lowest BCUT2D eigenvalue weighted by Crippen LogP contribution is -2.09. The van der Waals surface area contributed by atoms with Crippen LogP contribution in [0.3, 0.4) is 0 Å². The normalized spacial score (nSPS) is 10.8. The highest BCUT2D eigenvalue weighted by molar-refractivity contribution is 9.10. The highest BCUT2D eigenvalue weighted by Crippen LogP contribution is 2.21. The van der Waals surface area contributed by atoms with Gasteiger partial charge in [-0.3, -0.25) is 9.48 Å². The molecule has 2 rings (SSSR count). The van der Waals surface area contributed by atoms with E-state index < -0.39 is 0 Å². The Kier molecular flexibility index (Phi) is 3.79. The SMILES string of the molecule is Cc1nn(C)c(CC(=O)Cc2cccs2)c1Br. The lowest BCUT2D eigenvalue weighted by Gasteiger charge is -2.01. The number of nitrogens with zero attached hydrogens (tertiary/aromatic N) is 2. The fraction of sp³-hybridized carbons (Fsp3) is 0.333. The zero-order valence-electron chi connectivity index (χ0n) is 9.74. The first-order chi connectivity index (χ1) is 8.08. The second-order valence-electron chi connectivity index (χ2n) is 3.94. The van der Waals surface area contributed by atoms with E-state index in [1.807, 2.05) is 31.5 Å². The van der Waals surface area contributed by atoms with E-state index in [0.717, 1.165) is 20.7 Å². The van der Waals surface area contributed by atoms with Crippen molar-refractivity contribution < 1.29 is 4.79 Å². The van der Waals surface area contributed by atoms with E-state index in [4.69, 9.17) is 0 Å². The summed E-state index contributed by atoms with van der Waals surface area (Å²) in [5.74, 6) is 0.219. The molecule has 2 aromatic heterocycles. The molecule has 0 bridgehead atoms. The summed E-state index contributed by atoms with van der Waals surface area (Å²) in [5, 5.41) is 6.27. The van der Waals surface area contributed by atoms with Gasteiger partial charge in [0.15, 0.2) is 0 Å². The Morgan fingerprint density at radius 1 is 1.53 bits per heavy atom. The van der Waals surface area contributed by atoms with Gasteiger partial charge >= 0.3 is 0 Å². The molecule has 0 saturated carbocycles. The first kappa shape index (κ1) is 12.5. The van der Waals surface area contributed by atoms with Crippen LogP contribution in [-0.2, 0) is 24.7 Å². The van der Waals surface area contributed by atoms with Gasteiger partial charge in [0.1, 0.15) is 5.78 Å². The highest BCUT2D eigenvalue weighted by Gasteiger charge is 2.14. The molecule has 5 heteroatoms. The molecule has 0 amide bonds. The Hall–Kier alpha value is -0.940. The molecular formula is C12H13BrN2OS. The molecule has 17 heavy (non-hydrogen) atoms. The Balaban J connectivity index is 2.08. The van der Waals surface area contributed by atoms with Gasteiger partial charge in [-0.25, -0.2) is 0 Å². The van der Waals surface area contributed by atoms with Gasteiger partial charge in [-0.2, -0.15) is 5.10 Å². The van der Waals surface area contributed by atoms with Gasteiger partial charge in [0.2, 0.25) is 0 Å². The molecule has 0 spiro atoms. The molecule has 0 N–H and O–H groups in total. The third-order valence-corrected chi connectivity index (χ3v) is 4.49. The number of aromatic nitrogens is 2. The maximum absolute atomic E-state index is 11.9. The zero-order valence-corrected chi connectivity index (χ0v) is 12.1. The number of carbonyl (C=O) groups is 1. The first-order valence-corrected chi connectivity index (χ1v) is 6.97. The number of ketones is 1. The van der Waals surface area contributed by atoms with Crippen molar-refractivity contribution >= 4 is 33.0 Å². The quantitative estimate of drug-likeness (QED) is 0.870. The van der Waals surface area contributed by atoms with Gasteiger partial charge in [0.05, 0.1) is 15.9 Å². The number of halogens is 1. The lowest BCUT2D eigenvalue weighted by atomic mass is 10.1. The molecule has 0 aliphatic carbocycles. The molecule has 2 heterocycles. The van der Waals surface area contributed by atoms with Gasteiger partial charge in [-0.15, -0.1) is 11.3 Å². The Bertz CT molecular complexity index is 531. The maximum Gasteiger partial charge on any atom is 0.144 e. The minimum atomic E-state index is 0.219. The third-order valence-electron chi connectivity index (χ3n) is 2.58. The first-order valence-electron chi connectivity index (χ1n) is 5.30. The molecule has 0 radical (unpaired) electrons. The molecule has 0 aliphatic heterocycles. The number of thiophene rings is 1. The molecule has 0 saturated heterocycles. The second kappa shape index (κ2) is 5.14. The van der Waals surface area contributed by atoms with E-state index in [9.17, 15) is 4.79 Å². The maximum atomic E-state index is 11.9. The number of aryl methyl sites for hydroxylation is 2. The molecule has 90 valence electrons. The number of hydrogen-bond acceptors (Lipinski definition) is 3. The molecule has 0 aromatic carbocycles. The van der Waals surface area contributed by atoms with Gasteiger partial charge in [0.25, 0.3) is 0 Å². The molecule has 0 unspecified atom stereocenters. The summed E-state index contributed by atoms with van der Waals surface area (Å²) in [7, 11) is 1.87. The second-order valence-corrected chi connectivity index (χ2v) is 5.77. The van der Waals surface area contributed by atoms with E-state index in [-0.39, 0.29) is 5.78 Å². The summed E-state index contributed by atoms with van der Waals surface area (Å²) in [4.78, 5) is 13.1. The summed E-state index contributed by atoms with van der Waals surface area (Å²) in [5.41, 5.74) is 1.87. The van der Waals surface area contributed by atoms with Gasteiger partial charge in [-0.1, -0.05) is 6.07 Å². The van der Waals surface area contributed by atoms with Crippen molar-refractivity contribution in [1.82, 2.24) is 9.78 Å². The third kappa shape index (κ3) is 2.84. The van der Waals surface area contributed by atoms with E-state index in [1.54, 1.807) is 16.0 Å². The summed E-state index contributed by atoms with van der Waals surface area (Å²) < 4.78 is 2.71. The summed E-state index contributed by atoms with van der Waals surface area (Å²) in [6, 6.07) is 3.96. The minimum absolute atomic E-state index is 0.219. The monoisotopic (exact) mass is 312 g/mol. The highest BCUT2D eigenvalue weighted by atomic mass is 79.9. The number of carbonyl (C=O) groups excluding carboxylic acids is 1. The van der Waals surface area contributed by atoms with Crippen LogP contribution in [0.15, 0.2) is 22.0 Å². The van der Waals surface area contributed by atoms with Crippen LogP contribution < -0.4 is 0 Å². The Morgan fingerprint density at radius 3 is 2.82 bits per heavy atom. The fourth-order valence-electron chi connectivity index (χ4n) is 1.73. The van der Waals surface area contributed by atoms with Crippen LogP contribution in [0.25, 0.3) is 0 Å². The molecule has 2 aromatic rings. The van der Waals surface area contributed by atoms with Gasteiger partial charge in [-0.05, 0) is 34.3 Å². The molecule has 0 aliphatic rings. The predicted octanol–water partition coefficient (Wildman–Crippen LogP) is 2.91. The Morgan fingerprint density at radius 2 is 2.29 bits per heavy atom. The molecule has 0 fully saturated rings. The van der Waals surface area contributed by atoms with E-state index >= 15 is 0 Å². The largest absolute Gasteiger partial charge is 0.299 e. The average Bonchev–Trinajstić information content (AvgIpc) is 2.83. The van der Waals surface area contributed by atoms with E-state index in [1.165, 1.54) is 0 Å². The molecule has 0 atom stereocenters. The average molecular weight is 313 g/mol. The summed E-state index contributed by atoms with van der Waals surface area (Å²) >= 11 is 5.09. The van der Waals surface area contributed by atoms with Crippen LogP contribution in [0.1, 0.15) is 16.3 Å². The standard InChI is InChI=1S/C12H13BrN2OS/c1-8-12(13)11(15(2)14-8)7-9(16)6-10-4-3-5-17-10/h3-5H,6-7H2,1-2H3. The number of Topliss-reactive ketones (excluding diaryl/α,β-unsaturated/α-hetero) is 1. The summed E-state index contributed by atoms with van der Waals surface area (Å²) in [6.07, 6.45) is 0.935. The lowest BCUT2D eigenvalue weighted by molar-refractivity contribution is -0.117. The minimum Gasteiger partial charge on any atom is -0.299 e. The van der Waals surface area contributed by atoms with Crippen LogP contribution in [0.4, 0.5) is 0 Å². The molecule has 3 nitrogen and oxygen atoms in total. The molecular weight excluding hydrogens is 300 g/mol. The van der Waals surface area contributed by atoms with Crippen LogP contribution >= 0.6 is 27.3 Å². The zero-order chi connectivity index (χ0) is 12.4. The van der Waals surface area contributed by atoms with Crippen molar-refractivity contribution in [2.24, 2.45) is 7.05 Å². The van der Waals surface area contributed by atoms with Crippen LogP contribution in [-0.4, -0.2) is 15.6 Å². The smallest absolute Gasteiger partial charge is 0.144 e. The van der Waals surface area contributed by atoms with Crippen LogP contribution in [0.2, 0.25) is 0 Å². The summed E-state index contributed by atoms with van der Waals surface area (Å²) in [6.45, 7) is 1.93. The van der Waals surface area contributed by atoms with E-state index in [0.29, 0.717) is 12.8 Å². The van der Waals surface area contributed by atoms with Crippen molar-refractivity contribution in [3.63, 3.8) is 0 Å². The van der Waals surface area contributed by atoms with Crippen molar-refractivity contribution in [2.45, 2.75) is 19.8 Å². The number of rotatable bonds is 4. The Labute approximate surface area is 113 Å². The van der Waals surface area contributed by atoms with Gasteiger partial charge < -0.3 is 0 Å². The van der Waals surface area contributed by atoms with Crippen molar-refractivity contribution in [3.8, 4) is 0 Å². The van der Waals surface area contributed by atoms with Crippen molar-refractivity contribution in [3.05, 3.63) is 38.3 Å². The van der Waals surface area contributed by atoms with Crippen LogP contribution in [0.5, 0.6) is 0 Å². The van der Waals surface area contributed by atoms with Gasteiger partial charge in [0, 0.05) is 24.8 Å². The van der Waals surface area contributed by atoms with E-state index in [2.05, 4.69) is 21.0 Å².